The summed E-state index contributed by atoms with van der Waals surface area (Å²) in [5.41, 5.74) is 5.23. The molecule has 1 saturated heterocycles. The molecule has 1 atom stereocenters. The monoisotopic (exact) mass is 292 g/mol. The van der Waals surface area contributed by atoms with Crippen molar-refractivity contribution in [3.8, 4) is 0 Å². The van der Waals surface area contributed by atoms with Gasteiger partial charge < -0.3 is 21.3 Å². The Kier molecular flexibility index (Phi) is 9.34. The standard InChI is InChI=1S/C12H24N4O2.ClH/c1-2-5-14-6-7-15-11(17)10-4-3-8-16(9-10)12(13)18;/h10,14H,2-9H2,1H3,(H2,13,18)(H,15,17);1H. The van der Waals surface area contributed by atoms with Crippen LogP contribution < -0.4 is 16.4 Å². The van der Waals surface area contributed by atoms with E-state index >= 15 is 0 Å². The van der Waals surface area contributed by atoms with Crippen molar-refractivity contribution in [3.63, 3.8) is 0 Å². The van der Waals surface area contributed by atoms with Gasteiger partial charge in [-0.3, -0.25) is 4.79 Å². The van der Waals surface area contributed by atoms with E-state index in [4.69, 9.17) is 5.73 Å². The van der Waals surface area contributed by atoms with Gasteiger partial charge in [0.15, 0.2) is 0 Å². The van der Waals surface area contributed by atoms with Gasteiger partial charge in [-0.15, -0.1) is 12.4 Å². The van der Waals surface area contributed by atoms with Crippen LogP contribution in [0, 0.1) is 5.92 Å². The molecule has 0 saturated carbocycles. The predicted molar refractivity (Wildman–Crippen MR) is 77.3 cm³/mol. The molecule has 1 rings (SSSR count). The van der Waals surface area contributed by atoms with E-state index in [-0.39, 0.29) is 24.2 Å². The Hall–Kier alpha value is -1.01. The van der Waals surface area contributed by atoms with Crippen LogP contribution in [0.4, 0.5) is 4.79 Å². The molecule has 0 spiro atoms. The summed E-state index contributed by atoms with van der Waals surface area (Å²) in [5, 5.41) is 6.11. The minimum Gasteiger partial charge on any atom is -0.355 e. The molecule has 0 aliphatic carbocycles. The number of piperidine rings is 1. The molecule has 0 aromatic rings. The number of carbonyl (C=O) groups excluding carboxylic acids is 2. The summed E-state index contributed by atoms with van der Waals surface area (Å²) in [6.07, 6.45) is 2.76. The maximum Gasteiger partial charge on any atom is 0.314 e. The van der Waals surface area contributed by atoms with Gasteiger partial charge in [0.2, 0.25) is 5.91 Å². The molecule has 19 heavy (non-hydrogen) atoms. The molecule has 112 valence electrons. The molecule has 0 radical (unpaired) electrons. The number of hydrogen-bond donors (Lipinski definition) is 3. The van der Waals surface area contributed by atoms with Crippen LogP contribution in [-0.2, 0) is 4.79 Å². The van der Waals surface area contributed by atoms with Gasteiger partial charge in [-0.05, 0) is 25.8 Å². The first kappa shape index (κ1) is 18.0. The van der Waals surface area contributed by atoms with Gasteiger partial charge >= 0.3 is 6.03 Å². The van der Waals surface area contributed by atoms with Crippen molar-refractivity contribution in [3.05, 3.63) is 0 Å². The van der Waals surface area contributed by atoms with E-state index in [9.17, 15) is 9.59 Å². The van der Waals surface area contributed by atoms with Gasteiger partial charge in [0.05, 0.1) is 5.92 Å². The lowest BCUT2D eigenvalue weighted by atomic mass is 9.97. The Balaban J connectivity index is 0.00000324. The molecule has 1 fully saturated rings. The molecule has 1 aliphatic rings. The van der Waals surface area contributed by atoms with E-state index in [0.717, 1.165) is 32.4 Å². The van der Waals surface area contributed by atoms with Crippen molar-refractivity contribution in [2.75, 3.05) is 32.7 Å². The van der Waals surface area contributed by atoms with Crippen molar-refractivity contribution in [2.45, 2.75) is 26.2 Å². The smallest absolute Gasteiger partial charge is 0.314 e. The summed E-state index contributed by atoms with van der Waals surface area (Å²) < 4.78 is 0. The second-order valence-corrected chi connectivity index (χ2v) is 4.66. The number of amides is 3. The highest BCUT2D eigenvalue weighted by molar-refractivity contribution is 5.85. The maximum atomic E-state index is 11.9. The second-order valence-electron chi connectivity index (χ2n) is 4.66. The summed E-state index contributed by atoms with van der Waals surface area (Å²) in [4.78, 5) is 24.5. The first-order valence-electron chi connectivity index (χ1n) is 6.68. The summed E-state index contributed by atoms with van der Waals surface area (Å²) in [6.45, 7) is 5.60. The predicted octanol–water partition coefficient (Wildman–Crippen LogP) is 0.315. The van der Waals surface area contributed by atoms with Crippen molar-refractivity contribution in [2.24, 2.45) is 11.7 Å². The van der Waals surface area contributed by atoms with Crippen molar-refractivity contribution < 1.29 is 9.59 Å². The molecule has 1 heterocycles. The molecular weight excluding hydrogens is 268 g/mol. The SMILES string of the molecule is CCCNCCNC(=O)C1CCCN(C(N)=O)C1.Cl. The number of halogens is 1. The topological polar surface area (TPSA) is 87.5 Å². The zero-order chi connectivity index (χ0) is 13.4. The average Bonchev–Trinajstić information content (AvgIpc) is 2.38. The van der Waals surface area contributed by atoms with Crippen LogP contribution >= 0.6 is 12.4 Å². The van der Waals surface area contributed by atoms with E-state index in [1.54, 1.807) is 4.90 Å². The Morgan fingerprint density at radius 2 is 2.05 bits per heavy atom. The lowest BCUT2D eigenvalue weighted by Crippen LogP contribution is -2.48. The molecule has 6 nitrogen and oxygen atoms in total. The molecule has 1 aliphatic heterocycles. The molecule has 4 N–H and O–H groups in total. The molecule has 0 aromatic heterocycles. The first-order chi connectivity index (χ1) is 8.65. The number of likely N-dealkylation sites (tertiary alicyclic amines) is 1. The van der Waals surface area contributed by atoms with Crippen LogP contribution in [0.3, 0.4) is 0 Å². The number of nitrogens with zero attached hydrogens (tertiary/aromatic N) is 1. The molecule has 0 aromatic carbocycles. The average molecular weight is 293 g/mol. The minimum atomic E-state index is -0.433. The second kappa shape index (κ2) is 9.86. The Morgan fingerprint density at radius 3 is 2.68 bits per heavy atom. The molecule has 0 bridgehead atoms. The van der Waals surface area contributed by atoms with Crippen LogP contribution in [0.5, 0.6) is 0 Å². The van der Waals surface area contributed by atoms with Crippen molar-refractivity contribution in [1.29, 1.82) is 0 Å². The summed E-state index contributed by atoms with van der Waals surface area (Å²) in [7, 11) is 0. The molecule has 3 amide bonds. The quantitative estimate of drug-likeness (QED) is 0.616. The lowest BCUT2D eigenvalue weighted by Gasteiger charge is -2.30. The van der Waals surface area contributed by atoms with E-state index < -0.39 is 6.03 Å². The fraction of sp³-hybridized carbons (Fsp3) is 0.833. The third kappa shape index (κ3) is 6.63. The number of carbonyl (C=O) groups is 2. The van der Waals surface area contributed by atoms with Gasteiger partial charge in [-0.2, -0.15) is 0 Å². The van der Waals surface area contributed by atoms with Gasteiger partial charge in [-0.25, -0.2) is 4.79 Å². The highest BCUT2D eigenvalue weighted by Crippen LogP contribution is 2.16. The van der Waals surface area contributed by atoms with Crippen LogP contribution in [-0.4, -0.2) is 49.6 Å². The Bertz CT molecular complexity index is 289. The highest BCUT2D eigenvalue weighted by atomic mass is 35.5. The van der Waals surface area contributed by atoms with Crippen LogP contribution in [0.25, 0.3) is 0 Å². The van der Waals surface area contributed by atoms with Gasteiger partial charge in [-0.1, -0.05) is 6.92 Å². The summed E-state index contributed by atoms with van der Waals surface area (Å²) in [5.74, 6) is -0.0864. The minimum absolute atomic E-state index is 0. The lowest BCUT2D eigenvalue weighted by molar-refractivity contribution is -0.126. The fourth-order valence-corrected chi connectivity index (χ4v) is 2.11. The molecule has 7 heteroatoms. The first-order valence-corrected chi connectivity index (χ1v) is 6.68. The normalized spacial score (nSPS) is 18.6. The zero-order valence-electron chi connectivity index (χ0n) is 11.5. The number of nitrogens with one attached hydrogen (secondary N) is 2. The third-order valence-corrected chi connectivity index (χ3v) is 3.13. The Morgan fingerprint density at radius 1 is 1.32 bits per heavy atom. The third-order valence-electron chi connectivity index (χ3n) is 3.13. The van der Waals surface area contributed by atoms with Crippen LogP contribution in [0.2, 0.25) is 0 Å². The zero-order valence-corrected chi connectivity index (χ0v) is 12.3. The molecular formula is C12H25ClN4O2. The van der Waals surface area contributed by atoms with E-state index in [1.807, 2.05) is 0 Å². The van der Waals surface area contributed by atoms with E-state index in [1.165, 1.54) is 0 Å². The maximum absolute atomic E-state index is 11.9. The highest BCUT2D eigenvalue weighted by Gasteiger charge is 2.26. The van der Waals surface area contributed by atoms with E-state index in [0.29, 0.717) is 19.6 Å². The van der Waals surface area contributed by atoms with Crippen LogP contribution in [0.1, 0.15) is 26.2 Å². The number of primary amides is 1. The number of hydrogen-bond acceptors (Lipinski definition) is 3. The van der Waals surface area contributed by atoms with Gasteiger partial charge in [0.25, 0.3) is 0 Å². The molecule has 1 unspecified atom stereocenters. The largest absolute Gasteiger partial charge is 0.355 e. The number of rotatable bonds is 6. The van der Waals surface area contributed by atoms with Gasteiger partial charge in [0, 0.05) is 26.2 Å². The van der Waals surface area contributed by atoms with Crippen molar-refractivity contribution >= 4 is 24.3 Å². The Labute approximate surface area is 120 Å². The summed E-state index contributed by atoms with van der Waals surface area (Å²) in [6, 6.07) is -0.433. The number of nitrogens with two attached hydrogens (primary N) is 1. The van der Waals surface area contributed by atoms with Crippen LogP contribution in [0.15, 0.2) is 0 Å². The van der Waals surface area contributed by atoms with Crippen molar-refractivity contribution in [1.82, 2.24) is 15.5 Å². The fourth-order valence-electron chi connectivity index (χ4n) is 2.11. The number of urea groups is 1. The summed E-state index contributed by atoms with van der Waals surface area (Å²) >= 11 is 0. The van der Waals surface area contributed by atoms with Gasteiger partial charge in [0.1, 0.15) is 0 Å². The van der Waals surface area contributed by atoms with E-state index in [2.05, 4.69) is 17.6 Å².